The van der Waals surface area contributed by atoms with Crippen molar-refractivity contribution in [1.29, 1.82) is 0 Å². The lowest BCUT2D eigenvalue weighted by molar-refractivity contribution is -0.133. The summed E-state index contributed by atoms with van der Waals surface area (Å²) in [5.74, 6) is 1.45. The van der Waals surface area contributed by atoms with Crippen molar-refractivity contribution in [2.24, 2.45) is 0 Å². The van der Waals surface area contributed by atoms with Crippen LogP contribution in [0.5, 0.6) is 23.0 Å². The zero-order valence-corrected chi connectivity index (χ0v) is 18.0. The Morgan fingerprint density at radius 2 is 1.76 bits per heavy atom. The van der Waals surface area contributed by atoms with E-state index in [1.54, 1.807) is 36.4 Å². The fraction of sp³-hybridized carbons (Fsp3) is 0.160. The van der Waals surface area contributed by atoms with Gasteiger partial charge in [0.25, 0.3) is 0 Å². The van der Waals surface area contributed by atoms with Gasteiger partial charge in [0.05, 0.1) is 12.5 Å². The number of nitrogens with zero attached hydrogens (tertiary/aromatic N) is 1. The minimum atomic E-state index is -0.628. The normalized spacial score (nSPS) is 16.7. The fourth-order valence-corrected chi connectivity index (χ4v) is 3.78. The Hall–Kier alpha value is -4.53. The van der Waals surface area contributed by atoms with Crippen molar-refractivity contribution in [3.63, 3.8) is 0 Å². The SMILES string of the molecule is O=C(CN1C(=O)C[C@@H](c2cccc(Oc3ccccc3)c2)NC1=O)Nc1ccc2c(c1)OCO2. The Kier molecular flexibility index (Phi) is 5.73. The molecule has 0 radical (unpaired) electrons. The number of nitrogens with one attached hydrogen (secondary N) is 2. The Labute approximate surface area is 195 Å². The Balaban J connectivity index is 1.21. The van der Waals surface area contributed by atoms with Gasteiger partial charge in [0.1, 0.15) is 18.0 Å². The van der Waals surface area contributed by atoms with E-state index in [0.29, 0.717) is 28.7 Å². The second-order valence-electron chi connectivity index (χ2n) is 7.79. The number of rotatable bonds is 6. The van der Waals surface area contributed by atoms with E-state index in [1.807, 2.05) is 36.4 Å². The van der Waals surface area contributed by atoms with Crippen LogP contribution in [-0.4, -0.2) is 36.1 Å². The molecule has 172 valence electrons. The average Bonchev–Trinajstić information content (AvgIpc) is 3.30. The van der Waals surface area contributed by atoms with E-state index in [-0.39, 0.29) is 13.2 Å². The maximum Gasteiger partial charge on any atom is 0.325 e. The summed E-state index contributed by atoms with van der Waals surface area (Å²) in [6, 6.07) is 20.3. The van der Waals surface area contributed by atoms with Crippen molar-refractivity contribution >= 4 is 23.5 Å². The summed E-state index contributed by atoms with van der Waals surface area (Å²) in [6.45, 7) is -0.277. The lowest BCUT2D eigenvalue weighted by atomic mass is 10.0. The van der Waals surface area contributed by atoms with E-state index < -0.39 is 30.4 Å². The van der Waals surface area contributed by atoms with Gasteiger partial charge in [-0.05, 0) is 42.0 Å². The molecule has 0 unspecified atom stereocenters. The number of ether oxygens (including phenoxy) is 3. The number of hydrogen-bond acceptors (Lipinski definition) is 6. The molecule has 2 aliphatic heterocycles. The molecule has 2 N–H and O–H groups in total. The first-order valence-corrected chi connectivity index (χ1v) is 10.7. The van der Waals surface area contributed by atoms with Gasteiger partial charge < -0.3 is 24.8 Å². The molecule has 9 nitrogen and oxygen atoms in total. The van der Waals surface area contributed by atoms with Gasteiger partial charge in [-0.15, -0.1) is 0 Å². The van der Waals surface area contributed by atoms with Gasteiger partial charge in [-0.3, -0.25) is 14.5 Å². The van der Waals surface area contributed by atoms with Crippen LogP contribution in [0.3, 0.4) is 0 Å². The van der Waals surface area contributed by atoms with E-state index >= 15 is 0 Å². The number of benzene rings is 3. The molecule has 1 fully saturated rings. The van der Waals surface area contributed by atoms with Crippen molar-refractivity contribution in [2.75, 3.05) is 18.7 Å². The number of fused-ring (bicyclic) bond motifs is 1. The summed E-state index contributed by atoms with van der Waals surface area (Å²) >= 11 is 0. The highest BCUT2D eigenvalue weighted by molar-refractivity contribution is 6.03. The van der Waals surface area contributed by atoms with Gasteiger partial charge in [-0.2, -0.15) is 0 Å². The fourth-order valence-electron chi connectivity index (χ4n) is 3.78. The van der Waals surface area contributed by atoms with Crippen LogP contribution in [0.15, 0.2) is 72.8 Å². The molecular formula is C25H21N3O6. The third-order valence-corrected chi connectivity index (χ3v) is 5.42. The lowest BCUT2D eigenvalue weighted by Crippen LogP contribution is -2.53. The van der Waals surface area contributed by atoms with E-state index in [4.69, 9.17) is 14.2 Å². The first-order valence-electron chi connectivity index (χ1n) is 10.7. The number of imide groups is 1. The van der Waals surface area contributed by atoms with Crippen molar-refractivity contribution < 1.29 is 28.6 Å². The third kappa shape index (κ3) is 4.63. The summed E-state index contributed by atoms with van der Waals surface area (Å²) in [5, 5.41) is 5.47. The van der Waals surface area contributed by atoms with Crippen molar-refractivity contribution in [3.8, 4) is 23.0 Å². The minimum absolute atomic E-state index is 0.0256. The van der Waals surface area contributed by atoms with E-state index in [0.717, 1.165) is 10.5 Å². The van der Waals surface area contributed by atoms with Crippen molar-refractivity contribution in [1.82, 2.24) is 10.2 Å². The predicted octanol–water partition coefficient (Wildman–Crippen LogP) is 3.83. The number of hydrogen-bond donors (Lipinski definition) is 2. The first-order chi connectivity index (χ1) is 16.5. The number of carbonyl (C=O) groups is 3. The maximum absolute atomic E-state index is 12.7. The molecule has 0 spiro atoms. The smallest absolute Gasteiger partial charge is 0.325 e. The highest BCUT2D eigenvalue weighted by Gasteiger charge is 2.34. The van der Waals surface area contributed by atoms with Gasteiger partial charge in [0.15, 0.2) is 11.5 Å². The third-order valence-electron chi connectivity index (χ3n) is 5.42. The zero-order valence-electron chi connectivity index (χ0n) is 18.0. The quantitative estimate of drug-likeness (QED) is 0.580. The van der Waals surface area contributed by atoms with Crippen LogP contribution in [0.25, 0.3) is 0 Å². The van der Waals surface area contributed by atoms with Crippen LogP contribution < -0.4 is 24.8 Å². The van der Waals surface area contributed by atoms with Crippen LogP contribution in [0.1, 0.15) is 18.0 Å². The van der Waals surface area contributed by atoms with Gasteiger partial charge >= 0.3 is 6.03 Å². The summed E-state index contributed by atoms with van der Waals surface area (Å²) in [4.78, 5) is 38.7. The van der Waals surface area contributed by atoms with Crippen molar-refractivity contribution in [3.05, 3.63) is 78.4 Å². The second-order valence-corrected chi connectivity index (χ2v) is 7.79. The molecular weight excluding hydrogens is 438 g/mol. The molecule has 9 heteroatoms. The van der Waals surface area contributed by atoms with Crippen LogP contribution in [0.2, 0.25) is 0 Å². The van der Waals surface area contributed by atoms with E-state index in [9.17, 15) is 14.4 Å². The Bertz CT molecular complexity index is 1230. The zero-order chi connectivity index (χ0) is 23.5. The summed E-state index contributed by atoms with van der Waals surface area (Å²) in [6.07, 6.45) is 0.0256. The van der Waals surface area contributed by atoms with E-state index in [2.05, 4.69) is 10.6 Å². The standard InChI is InChI=1S/C25H21N3O6/c29-23(26-17-9-10-21-22(12-17)33-15-32-21)14-28-24(30)13-20(27-25(28)31)16-5-4-8-19(11-16)34-18-6-2-1-3-7-18/h1-12,20H,13-15H2,(H,26,29)(H,27,31)/t20-/m0/s1. The number of para-hydroxylation sites is 1. The van der Waals surface area contributed by atoms with Crippen LogP contribution in [-0.2, 0) is 9.59 Å². The molecule has 3 aromatic rings. The van der Waals surface area contributed by atoms with Crippen LogP contribution in [0.4, 0.5) is 10.5 Å². The molecule has 5 rings (SSSR count). The van der Waals surface area contributed by atoms with E-state index in [1.165, 1.54) is 0 Å². The second kappa shape index (κ2) is 9.14. The molecule has 1 saturated heterocycles. The Morgan fingerprint density at radius 3 is 2.59 bits per heavy atom. The number of carbonyl (C=O) groups excluding carboxylic acids is 3. The largest absolute Gasteiger partial charge is 0.457 e. The lowest BCUT2D eigenvalue weighted by Gasteiger charge is -2.31. The van der Waals surface area contributed by atoms with Crippen LogP contribution in [0, 0.1) is 0 Å². The monoisotopic (exact) mass is 459 g/mol. The molecule has 3 aromatic carbocycles. The number of anilines is 1. The molecule has 34 heavy (non-hydrogen) atoms. The molecule has 0 aromatic heterocycles. The summed E-state index contributed by atoms with van der Waals surface area (Å²) in [7, 11) is 0. The summed E-state index contributed by atoms with van der Waals surface area (Å²) < 4.78 is 16.4. The highest BCUT2D eigenvalue weighted by atomic mass is 16.7. The van der Waals surface area contributed by atoms with Gasteiger partial charge in [0.2, 0.25) is 18.6 Å². The maximum atomic E-state index is 12.7. The summed E-state index contributed by atoms with van der Waals surface area (Å²) in [5.41, 5.74) is 1.21. The van der Waals surface area contributed by atoms with Crippen LogP contribution >= 0.6 is 0 Å². The molecule has 0 bridgehead atoms. The Morgan fingerprint density at radius 1 is 0.971 bits per heavy atom. The molecule has 2 heterocycles. The molecule has 0 aliphatic carbocycles. The van der Waals surface area contributed by atoms with Gasteiger partial charge in [-0.1, -0.05) is 30.3 Å². The minimum Gasteiger partial charge on any atom is -0.457 e. The molecule has 4 amide bonds. The average molecular weight is 459 g/mol. The number of urea groups is 1. The van der Waals surface area contributed by atoms with Crippen molar-refractivity contribution in [2.45, 2.75) is 12.5 Å². The number of amides is 4. The molecule has 0 saturated carbocycles. The van der Waals surface area contributed by atoms with Gasteiger partial charge in [0, 0.05) is 11.8 Å². The predicted molar refractivity (Wildman–Crippen MR) is 122 cm³/mol. The molecule has 2 aliphatic rings. The van der Waals surface area contributed by atoms with Gasteiger partial charge in [-0.25, -0.2) is 4.79 Å². The molecule has 1 atom stereocenters. The first kappa shape index (κ1) is 21.3. The highest BCUT2D eigenvalue weighted by Crippen LogP contribution is 2.34. The topological polar surface area (TPSA) is 106 Å².